The molecule has 0 N–H and O–H groups in total. The lowest BCUT2D eigenvalue weighted by Crippen LogP contribution is -2.04. The Bertz CT molecular complexity index is 951. The predicted molar refractivity (Wildman–Crippen MR) is 86.0 cm³/mol. The molecule has 7 heteroatoms. The molecule has 0 fully saturated rings. The van der Waals surface area contributed by atoms with Gasteiger partial charge < -0.3 is 8.94 Å². The molecule has 4 aromatic rings. The third kappa shape index (κ3) is 2.60. The molecule has 3 heterocycles. The maximum Gasteiger partial charge on any atom is 0.293 e. The van der Waals surface area contributed by atoms with E-state index in [-0.39, 0.29) is 0 Å². The van der Waals surface area contributed by atoms with E-state index >= 15 is 0 Å². The van der Waals surface area contributed by atoms with Crippen molar-refractivity contribution >= 4 is 0 Å². The van der Waals surface area contributed by atoms with Gasteiger partial charge in [0.2, 0.25) is 5.82 Å². The molecule has 0 aliphatic carbocycles. The van der Waals surface area contributed by atoms with Gasteiger partial charge in [-0.15, -0.1) is 5.10 Å². The van der Waals surface area contributed by atoms with Crippen molar-refractivity contribution in [1.82, 2.24) is 25.1 Å². The summed E-state index contributed by atoms with van der Waals surface area (Å²) in [5.74, 6) is 1.25. The summed E-state index contributed by atoms with van der Waals surface area (Å²) in [6.45, 7) is 4.64. The van der Waals surface area contributed by atoms with E-state index in [9.17, 15) is 0 Å². The topological polar surface area (TPSA) is 82.8 Å². The van der Waals surface area contributed by atoms with E-state index in [1.54, 1.807) is 18.4 Å². The summed E-state index contributed by atoms with van der Waals surface area (Å²) in [5.41, 5.74) is 3.86. The second-order valence-corrected chi connectivity index (χ2v) is 5.57. The van der Waals surface area contributed by atoms with Crippen LogP contribution >= 0.6 is 0 Å². The fraction of sp³-hybridized carbons (Fsp3) is 0.176. The van der Waals surface area contributed by atoms with E-state index < -0.39 is 0 Å². The Hall–Kier alpha value is -3.22. The van der Waals surface area contributed by atoms with Crippen molar-refractivity contribution in [2.24, 2.45) is 0 Å². The number of rotatable bonds is 4. The van der Waals surface area contributed by atoms with Crippen molar-refractivity contribution in [3.8, 4) is 23.2 Å². The van der Waals surface area contributed by atoms with Gasteiger partial charge in [0.05, 0.1) is 18.5 Å². The van der Waals surface area contributed by atoms with Crippen molar-refractivity contribution in [2.45, 2.75) is 20.4 Å². The Morgan fingerprint density at radius 2 is 1.92 bits per heavy atom. The van der Waals surface area contributed by atoms with Crippen LogP contribution in [0.3, 0.4) is 0 Å². The molecular formula is C17H15N5O2. The molecule has 0 radical (unpaired) electrons. The monoisotopic (exact) mass is 321 g/mol. The molecule has 0 saturated heterocycles. The van der Waals surface area contributed by atoms with Crippen LogP contribution in [-0.4, -0.2) is 25.1 Å². The fourth-order valence-corrected chi connectivity index (χ4v) is 2.40. The number of hydrogen-bond donors (Lipinski definition) is 0. The molecule has 0 spiro atoms. The van der Waals surface area contributed by atoms with Crippen molar-refractivity contribution in [1.29, 1.82) is 0 Å². The quantitative estimate of drug-likeness (QED) is 0.574. The van der Waals surface area contributed by atoms with Gasteiger partial charge in [-0.3, -0.25) is 0 Å². The number of aryl methyl sites for hydroxylation is 1. The van der Waals surface area contributed by atoms with Gasteiger partial charge in [0.15, 0.2) is 11.5 Å². The number of aromatic nitrogens is 5. The van der Waals surface area contributed by atoms with Gasteiger partial charge in [-0.05, 0) is 31.5 Å². The summed E-state index contributed by atoms with van der Waals surface area (Å²) < 4.78 is 12.3. The number of benzene rings is 1. The van der Waals surface area contributed by atoms with Crippen LogP contribution in [0.2, 0.25) is 0 Å². The molecule has 1 aromatic carbocycles. The lowest BCUT2D eigenvalue weighted by molar-refractivity contribution is 0.416. The summed E-state index contributed by atoms with van der Waals surface area (Å²) in [7, 11) is 0. The van der Waals surface area contributed by atoms with Crippen LogP contribution in [0.1, 0.15) is 16.8 Å². The minimum Gasteiger partial charge on any atom is -0.459 e. The smallest absolute Gasteiger partial charge is 0.293 e. The van der Waals surface area contributed by atoms with Crippen molar-refractivity contribution in [3.05, 3.63) is 59.5 Å². The maximum atomic E-state index is 5.26. The normalized spacial score (nSPS) is 11.1. The first-order chi connectivity index (χ1) is 11.7. The molecular weight excluding hydrogens is 306 g/mol. The number of hydrogen-bond acceptors (Lipinski definition) is 6. The average molecular weight is 321 g/mol. The van der Waals surface area contributed by atoms with E-state index in [1.807, 2.05) is 11.6 Å². The van der Waals surface area contributed by atoms with Crippen LogP contribution in [0, 0.1) is 13.8 Å². The average Bonchev–Trinajstić information content (AvgIpc) is 3.31. The van der Waals surface area contributed by atoms with Gasteiger partial charge in [0.25, 0.3) is 5.89 Å². The van der Waals surface area contributed by atoms with Crippen LogP contribution < -0.4 is 0 Å². The van der Waals surface area contributed by atoms with Crippen molar-refractivity contribution < 1.29 is 8.94 Å². The van der Waals surface area contributed by atoms with Gasteiger partial charge in [0.1, 0.15) is 0 Å². The minimum absolute atomic E-state index is 0.322. The summed E-state index contributed by atoms with van der Waals surface area (Å²) in [4.78, 5) is 4.33. The van der Waals surface area contributed by atoms with Crippen LogP contribution in [0.25, 0.3) is 23.2 Å². The highest BCUT2D eigenvalue weighted by Gasteiger charge is 2.18. The van der Waals surface area contributed by atoms with E-state index in [0.717, 1.165) is 11.3 Å². The molecule has 0 aliphatic heterocycles. The largest absolute Gasteiger partial charge is 0.459 e. The number of nitrogens with zero attached hydrogens (tertiary/aromatic N) is 5. The maximum absolute atomic E-state index is 5.26. The molecule has 0 aliphatic rings. The number of furan rings is 1. The van der Waals surface area contributed by atoms with Crippen LogP contribution in [-0.2, 0) is 6.54 Å². The van der Waals surface area contributed by atoms with Crippen LogP contribution in [0.5, 0.6) is 0 Å². The Kier molecular flexibility index (Phi) is 3.45. The van der Waals surface area contributed by atoms with Gasteiger partial charge in [-0.2, -0.15) is 4.98 Å². The highest BCUT2D eigenvalue weighted by atomic mass is 16.5. The first-order valence-electron chi connectivity index (χ1n) is 7.54. The molecule has 0 amide bonds. The lowest BCUT2D eigenvalue weighted by Gasteiger charge is -2.04. The minimum atomic E-state index is 0.322. The second kappa shape index (κ2) is 5.77. The standard InChI is InChI=1S/C17H15N5O2/c1-11-5-7-13(8-6-11)10-22-12(2)15(19-21-22)16-18-17(24-20-16)14-4-3-9-23-14/h3-9H,10H2,1-2H3. The first-order valence-corrected chi connectivity index (χ1v) is 7.54. The summed E-state index contributed by atoms with van der Waals surface area (Å²) in [6.07, 6.45) is 1.56. The zero-order chi connectivity index (χ0) is 16.5. The highest BCUT2D eigenvalue weighted by molar-refractivity contribution is 5.54. The van der Waals surface area contributed by atoms with E-state index in [1.165, 1.54) is 5.56 Å². The Morgan fingerprint density at radius 3 is 2.67 bits per heavy atom. The lowest BCUT2D eigenvalue weighted by atomic mass is 10.1. The van der Waals surface area contributed by atoms with Crippen molar-refractivity contribution in [3.63, 3.8) is 0 Å². The van der Waals surface area contributed by atoms with Crippen LogP contribution in [0.15, 0.2) is 51.6 Å². The molecule has 0 unspecified atom stereocenters. The summed E-state index contributed by atoms with van der Waals surface area (Å²) in [6, 6.07) is 11.9. The van der Waals surface area contributed by atoms with Gasteiger partial charge in [-0.1, -0.05) is 40.2 Å². The molecule has 24 heavy (non-hydrogen) atoms. The molecule has 7 nitrogen and oxygen atoms in total. The molecule has 0 bridgehead atoms. The van der Waals surface area contributed by atoms with Crippen LogP contribution in [0.4, 0.5) is 0 Å². The van der Waals surface area contributed by atoms with E-state index in [2.05, 4.69) is 51.6 Å². The highest BCUT2D eigenvalue weighted by Crippen LogP contribution is 2.23. The van der Waals surface area contributed by atoms with Gasteiger partial charge in [-0.25, -0.2) is 4.68 Å². The molecule has 3 aromatic heterocycles. The fourth-order valence-electron chi connectivity index (χ4n) is 2.40. The van der Waals surface area contributed by atoms with E-state index in [0.29, 0.717) is 29.7 Å². The Labute approximate surface area is 137 Å². The SMILES string of the molecule is Cc1ccc(Cn2nnc(-c3noc(-c4ccco4)n3)c2C)cc1. The zero-order valence-corrected chi connectivity index (χ0v) is 13.3. The predicted octanol–water partition coefficient (Wildman–Crippen LogP) is 3.25. The van der Waals surface area contributed by atoms with Gasteiger partial charge in [0, 0.05) is 0 Å². The third-order valence-electron chi connectivity index (χ3n) is 3.81. The summed E-state index contributed by atoms with van der Waals surface area (Å²) in [5, 5.41) is 12.4. The Balaban J connectivity index is 1.61. The zero-order valence-electron chi connectivity index (χ0n) is 13.3. The third-order valence-corrected chi connectivity index (χ3v) is 3.81. The molecule has 0 atom stereocenters. The molecule has 4 rings (SSSR count). The summed E-state index contributed by atoms with van der Waals surface area (Å²) >= 11 is 0. The van der Waals surface area contributed by atoms with Gasteiger partial charge >= 0.3 is 0 Å². The second-order valence-electron chi connectivity index (χ2n) is 5.57. The van der Waals surface area contributed by atoms with Crippen molar-refractivity contribution in [2.75, 3.05) is 0 Å². The first kappa shape index (κ1) is 14.4. The molecule has 0 saturated carbocycles. The Morgan fingerprint density at radius 1 is 1.08 bits per heavy atom. The molecule has 120 valence electrons. The van der Waals surface area contributed by atoms with E-state index in [4.69, 9.17) is 8.94 Å².